The summed E-state index contributed by atoms with van der Waals surface area (Å²) in [7, 11) is 0. The smallest absolute Gasteiger partial charge is 0.0558 e. The molecule has 0 radical (unpaired) electrons. The van der Waals surface area contributed by atoms with Gasteiger partial charge in [0.1, 0.15) is 0 Å². The van der Waals surface area contributed by atoms with Gasteiger partial charge in [-0.15, -0.1) is 0 Å². The van der Waals surface area contributed by atoms with Crippen molar-refractivity contribution in [1.82, 2.24) is 10.2 Å². The Morgan fingerprint density at radius 2 is 1.71 bits per heavy atom. The number of rotatable bonds is 2. The molecule has 14 heavy (non-hydrogen) atoms. The predicted octanol–water partition coefficient (Wildman–Crippen LogP) is 0.444. The van der Waals surface area contributed by atoms with Crippen molar-refractivity contribution >= 4 is 0 Å². The first-order chi connectivity index (χ1) is 6.85. The molecule has 0 amide bonds. The summed E-state index contributed by atoms with van der Waals surface area (Å²) in [6, 6.07) is 0. The average molecular weight is 198 g/mol. The summed E-state index contributed by atoms with van der Waals surface area (Å²) >= 11 is 0. The maximum Gasteiger partial charge on any atom is 0.0558 e. The van der Waals surface area contributed by atoms with Gasteiger partial charge in [0.05, 0.1) is 6.61 Å². The first-order valence-electron chi connectivity index (χ1n) is 5.89. The molecule has 0 aromatic rings. The second-order valence-corrected chi connectivity index (χ2v) is 4.82. The molecular weight excluding hydrogens is 176 g/mol. The van der Waals surface area contributed by atoms with Crippen LogP contribution in [-0.4, -0.2) is 49.3 Å². The van der Waals surface area contributed by atoms with E-state index in [2.05, 4.69) is 10.2 Å². The van der Waals surface area contributed by atoms with Gasteiger partial charge in [0, 0.05) is 6.54 Å². The summed E-state index contributed by atoms with van der Waals surface area (Å²) in [5, 5.41) is 12.3. The molecule has 1 spiro atoms. The number of hydrogen-bond acceptors (Lipinski definition) is 3. The Morgan fingerprint density at radius 1 is 1.07 bits per heavy atom. The number of β-amino-alcohol motifs (C(OH)–C–C–N with tert-alkyl or cyclic N) is 1. The maximum atomic E-state index is 8.87. The van der Waals surface area contributed by atoms with Crippen LogP contribution in [0.2, 0.25) is 0 Å². The fourth-order valence-electron chi connectivity index (χ4n) is 2.85. The molecule has 2 aliphatic heterocycles. The van der Waals surface area contributed by atoms with Gasteiger partial charge < -0.3 is 15.3 Å². The molecule has 2 heterocycles. The Kier molecular flexibility index (Phi) is 3.42. The van der Waals surface area contributed by atoms with Crippen LogP contribution in [0.3, 0.4) is 0 Å². The minimum atomic E-state index is 0.314. The Hall–Kier alpha value is -0.120. The highest BCUT2D eigenvalue weighted by Gasteiger charge is 2.35. The van der Waals surface area contributed by atoms with E-state index >= 15 is 0 Å². The second-order valence-electron chi connectivity index (χ2n) is 4.82. The first-order valence-corrected chi connectivity index (χ1v) is 5.89. The van der Waals surface area contributed by atoms with Crippen LogP contribution < -0.4 is 5.32 Å². The molecule has 2 N–H and O–H groups in total. The van der Waals surface area contributed by atoms with E-state index in [1.165, 1.54) is 51.9 Å². The van der Waals surface area contributed by atoms with Crippen LogP contribution in [0.4, 0.5) is 0 Å². The van der Waals surface area contributed by atoms with Gasteiger partial charge in [0.25, 0.3) is 0 Å². The van der Waals surface area contributed by atoms with Crippen molar-refractivity contribution in [2.24, 2.45) is 5.41 Å². The van der Waals surface area contributed by atoms with Crippen molar-refractivity contribution in [2.45, 2.75) is 25.7 Å². The molecule has 0 aromatic carbocycles. The number of hydrogen-bond donors (Lipinski definition) is 2. The average Bonchev–Trinajstić information content (AvgIpc) is 2.24. The maximum absolute atomic E-state index is 8.87. The van der Waals surface area contributed by atoms with E-state index in [-0.39, 0.29) is 0 Å². The molecule has 0 aliphatic carbocycles. The van der Waals surface area contributed by atoms with Crippen molar-refractivity contribution in [3.8, 4) is 0 Å². The van der Waals surface area contributed by atoms with Crippen LogP contribution in [0, 0.1) is 5.41 Å². The number of aliphatic hydroxyl groups is 1. The highest BCUT2D eigenvalue weighted by atomic mass is 16.3. The normalized spacial score (nSPS) is 28.1. The summed E-state index contributed by atoms with van der Waals surface area (Å²) in [4.78, 5) is 2.40. The number of nitrogens with zero attached hydrogens (tertiary/aromatic N) is 1. The Morgan fingerprint density at radius 3 is 2.29 bits per heavy atom. The third-order valence-electron chi connectivity index (χ3n) is 4.00. The minimum Gasteiger partial charge on any atom is -0.395 e. The largest absolute Gasteiger partial charge is 0.395 e. The van der Waals surface area contributed by atoms with Gasteiger partial charge in [-0.25, -0.2) is 0 Å². The summed E-state index contributed by atoms with van der Waals surface area (Å²) < 4.78 is 0. The van der Waals surface area contributed by atoms with E-state index in [0.717, 1.165) is 6.54 Å². The summed E-state index contributed by atoms with van der Waals surface area (Å²) in [6.07, 6.45) is 5.41. The van der Waals surface area contributed by atoms with Gasteiger partial charge in [-0.05, 0) is 57.3 Å². The van der Waals surface area contributed by atoms with Gasteiger partial charge in [-0.3, -0.25) is 0 Å². The number of piperidine rings is 2. The molecule has 0 saturated carbocycles. The summed E-state index contributed by atoms with van der Waals surface area (Å²) in [5.41, 5.74) is 0.650. The molecule has 0 aromatic heterocycles. The van der Waals surface area contributed by atoms with E-state index in [1.807, 2.05) is 0 Å². The van der Waals surface area contributed by atoms with Gasteiger partial charge >= 0.3 is 0 Å². The molecule has 2 fully saturated rings. The molecule has 0 atom stereocenters. The summed E-state index contributed by atoms with van der Waals surface area (Å²) in [5.74, 6) is 0. The van der Waals surface area contributed by atoms with Crippen LogP contribution in [-0.2, 0) is 0 Å². The summed E-state index contributed by atoms with van der Waals surface area (Å²) in [6.45, 7) is 5.99. The lowest BCUT2D eigenvalue weighted by atomic mass is 9.71. The van der Waals surface area contributed by atoms with Crippen LogP contribution in [0.25, 0.3) is 0 Å². The zero-order valence-electron chi connectivity index (χ0n) is 8.97. The van der Waals surface area contributed by atoms with Crippen molar-refractivity contribution in [1.29, 1.82) is 0 Å². The van der Waals surface area contributed by atoms with E-state index in [1.54, 1.807) is 0 Å². The minimum absolute atomic E-state index is 0.314. The lowest BCUT2D eigenvalue weighted by molar-refractivity contribution is 0.0642. The molecular formula is C11H22N2O. The van der Waals surface area contributed by atoms with Crippen molar-refractivity contribution < 1.29 is 5.11 Å². The van der Waals surface area contributed by atoms with Gasteiger partial charge in [-0.2, -0.15) is 0 Å². The molecule has 3 nitrogen and oxygen atoms in total. The lowest BCUT2D eigenvalue weighted by Gasteiger charge is -2.44. The van der Waals surface area contributed by atoms with Gasteiger partial charge in [0.2, 0.25) is 0 Å². The zero-order valence-corrected chi connectivity index (χ0v) is 8.97. The van der Waals surface area contributed by atoms with Gasteiger partial charge in [0.15, 0.2) is 0 Å². The molecule has 3 heteroatoms. The Bertz CT molecular complexity index is 168. The lowest BCUT2D eigenvalue weighted by Crippen LogP contribution is -2.46. The fourth-order valence-corrected chi connectivity index (χ4v) is 2.85. The number of aliphatic hydroxyl groups excluding tert-OH is 1. The topological polar surface area (TPSA) is 35.5 Å². The van der Waals surface area contributed by atoms with E-state index in [9.17, 15) is 0 Å². The van der Waals surface area contributed by atoms with Crippen LogP contribution in [0.1, 0.15) is 25.7 Å². The Labute approximate surface area is 86.5 Å². The molecule has 2 rings (SSSR count). The third-order valence-corrected chi connectivity index (χ3v) is 4.00. The van der Waals surface area contributed by atoms with Crippen LogP contribution in [0.5, 0.6) is 0 Å². The molecule has 2 aliphatic rings. The third kappa shape index (κ3) is 2.27. The predicted molar refractivity (Wildman–Crippen MR) is 57.3 cm³/mol. The van der Waals surface area contributed by atoms with E-state index < -0.39 is 0 Å². The molecule has 2 saturated heterocycles. The van der Waals surface area contributed by atoms with Crippen molar-refractivity contribution in [2.75, 3.05) is 39.3 Å². The monoisotopic (exact) mass is 198 g/mol. The SMILES string of the molecule is OCCN1CCC2(CCNCC2)CC1. The Balaban J connectivity index is 1.81. The highest BCUT2D eigenvalue weighted by Crippen LogP contribution is 2.39. The second kappa shape index (κ2) is 4.60. The zero-order chi connectivity index (χ0) is 9.86. The van der Waals surface area contributed by atoms with Crippen molar-refractivity contribution in [3.05, 3.63) is 0 Å². The number of likely N-dealkylation sites (tertiary alicyclic amines) is 1. The van der Waals surface area contributed by atoms with Crippen LogP contribution >= 0.6 is 0 Å². The van der Waals surface area contributed by atoms with E-state index in [0.29, 0.717) is 12.0 Å². The number of nitrogens with one attached hydrogen (secondary N) is 1. The molecule has 82 valence electrons. The standard InChI is InChI=1S/C11H22N2O/c14-10-9-13-7-3-11(4-8-13)1-5-12-6-2-11/h12,14H,1-10H2. The quantitative estimate of drug-likeness (QED) is 0.676. The van der Waals surface area contributed by atoms with E-state index in [4.69, 9.17) is 5.11 Å². The van der Waals surface area contributed by atoms with Crippen LogP contribution in [0.15, 0.2) is 0 Å². The first kappa shape index (κ1) is 10.4. The van der Waals surface area contributed by atoms with Crippen molar-refractivity contribution in [3.63, 3.8) is 0 Å². The molecule has 0 unspecified atom stereocenters. The molecule has 0 bridgehead atoms. The van der Waals surface area contributed by atoms with Gasteiger partial charge in [-0.1, -0.05) is 0 Å². The fraction of sp³-hybridized carbons (Fsp3) is 1.00. The highest BCUT2D eigenvalue weighted by molar-refractivity contribution is 4.89.